The van der Waals surface area contributed by atoms with Crippen LogP contribution >= 0.6 is 15.9 Å². The molecular formula is C13H14BrF2N3. The molecule has 6 heteroatoms. The highest BCUT2D eigenvalue weighted by Crippen LogP contribution is 2.24. The van der Waals surface area contributed by atoms with Gasteiger partial charge in [0.05, 0.1) is 12.7 Å². The highest BCUT2D eigenvalue weighted by atomic mass is 79.9. The van der Waals surface area contributed by atoms with Gasteiger partial charge in [-0.3, -0.25) is 4.68 Å². The number of hydrogen-bond donors (Lipinski definition) is 1. The Labute approximate surface area is 118 Å². The van der Waals surface area contributed by atoms with Gasteiger partial charge in [0.15, 0.2) is 0 Å². The average Bonchev–Trinajstić information content (AvgIpc) is 2.76. The summed E-state index contributed by atoms with van der Waals surface area (Å²) in [6, 6.07) is 7.54. The van der Waals surface area contributed by atoms with E-state index < -0.39 is 6.43 Å². The molecule has 3 nitrogen and oxygen atoms in total. The smallest absolute Gasteiger partial charge is 0.280 e. The maximum absolute atomic E-state index is 13.1. The molecule has 0 saturated carbocycles. The van der Waals surface area contributed by atoms with Gasteiger partial charge in [-0.2, -0.15) is 5.10 Å². The van der Waals surface area contributed by atoms with E-state index in [0.717, 1.165) is 10.0 Å². The third-order valence-corrected chi connectivity index (χ3v) is 3.31. The molecule has 0 radical (unpaired) electrons. The van der Waals surface area contributed by atoms with Crippen molar-refractivity contribution >= 4 is 15.9 Å². The van der Waals surface area contributed by atoms with Crippen LogP contribution in [0.4, 0.5) is 8.78 Å². The van der Waals surface area contributed by atoms with Crippen LogP contribution in [0, 0.1) is 0 Å². The van der Waals surface area contributed by atoms with Crippen LogP contribution in [0.15, 0.2) is 34.9 Å². The van der Waals surface area contributed by atoms with Crippen LogP contribution in [0.1, 0.15) is 23.2 Å². The Hall–Kier alpha value is -1.27. The first kappa shape index (κ1) is 14.1. The molecule has 0 aliphatic carbocycles. The molecule has 0 bridgehead atoms. The first-order valence-corrected chi connectivity index (χ1v) is 6.63. The second-order valence-corrected chi connectivity index (χ2v) is 5.09. The molecule has 0 spiro atoms. The largest absolute Gasteiger partial charge is 0.316 e. The number of alkyl halides is 2. The van der Waals surface area contributed by atoms with E-state index >= 15 is 0 Å². The summed E-state index contributed by atoms with van der Waals surface area (Å²) in [6.07, 6.45) is -1.03. The fourth-order valence-electron chi connectivity index (χ4n) is 1.90. The number of nitrogens with one attached hydrogen (secondary N) is 1. The van der Waals surface area contributed by atoms with Crippen molar-refractivity contribution in [3.8, 4) is 0 Å². The number of hydrogen-bond acceptors (Lipinski definition) is 2. The molecular weight excluding hydrogens is 316 g/mol. The highest BCUT2D eigenvalue weighted by molar-refractivity contribution is 9.10. The molecule has 0 aliphatic heterocycles. The van der Waals surface area contributed by atoms with E-state index in [-0.39, 0.29) is 5.69 Å². The monoisotopic (exact) mass is 329 g/mol. The molecule has 0 atom stereocenters. The van der Waals surface area contributed by atoms with Gasteiger partial charge in [0.25, 0.3) is 6.43 Å². The number of benzene rings is 1. The summed E-state index contributed by atoms with van der Waals surface area (Å²) in [5.74, 6) is 0. The van der Waals surface area contributed by atoms with E-state index in [2.05, 4.69) is 26.3 Å². The Balaban J connectivity index is 2.26. The molecule has 0 amide bonds. The summed E-state index contributed by atoms with van der Waals surface area (Å²) in [7, 11) is 1.72. The van der Waals surface area contributed by atoms with Crippen molar-refractivity contribution < 1.29 is 8.78 Å². The summed E-state index contributed by atoms with van der Waals surface area (Å²) < 4.78 is 28.6. The lowest BCUT2D eigenvalue weighted by Crippen LogP contribution is -2.11. The fraction of sp³-hybridized carbons (Fsp3) is 0.308. The fourth-order valence-corrected chi connectivity index (χ4v) is 2.17. The lowest BCUT2D eigenvalue weighted by atomic mass is 10.2. The van der Waals surface area contributed by atoms with Crippen molar-refractivity contribution in [3.05, 3.63) is 51.8 Å². The molecule has 102 valence electrons. The highest BCUT2D eigenvalue weighted by Gasteiger charge is 2.19. The number of rotatable bonds is 5. The molecule has 0 aliphatic rings. The predicted molar refractivity (Wildman–Crippen MR) is 73.2 cm³/mol. The Morgan fingerprint density at radius 3 is 2.58 bits per heavy atom. The molecule has 2 aromatic rings. The van der Waals surface area contributed by atoms with E-state index in [4.69, 9.17) is 0 Å². The summed E-state index contributed by atoms with van der Waals surface area (Å²) in [4.78, 5) is 0. The number of aromatic nitrogens is 2. The lowest BCUT2D eigenvalue weighted by Gasteiger charge is -2.09. The third-order valence-electron chi connectivity index (χ3n) is 2.78. The van der Waals surface area contributed by atoms with Crippen LogP contribution in [0.25, 0.3) is 0 Å². The van der Waals surface area contributed by atoms with Crippen molar-refractivity contribution in [1.82, 2.24) is 15.1 Å². The average molecular weight is 330 g/mol. The van der Waals surface area contributed by atoms with Crippen molar-refractivity contribution in [2.24, 2.45) is 0 Å². The number of halogens is 3. The Bertz CT molecular complexity index is 537. The Kier molecular flexibility index (Phi) is 4.66. The third kappa shape index (κ3) is 3.39. The minimum atomic E-state index is -2.53. The van der Waals surface area contributed by atoms with Crippen LogP contribution in [0.3, 0.4) is 0 Å². The van der Waals surface area contributed by atoms with Gasteiger partial charge < -0.3 is 5.32 Å². The molecule has 0 saturated heterocycles. The van der Waals surface area contributed by atoms with Gasteiger partial charge in [-0.1, -0.05) is 28.1 Å². The van der Waals surface area contributed by atoms with E-state index in [0.29, 0.717) is 18.7 Å². The second kappa shape index (κ2) is 6.25. The van der Waals surface area contributed by atoms with Crippen LogP contribution < -0.4 is 5.32 Å². The summed E-state index contributed by atoms with van der Waals surface area (Å²) in [5, 5.41) is 6.93. The van der Waals surface area contributed by atoms with Gasteiger partial charge in [0.1, 0.15) is 5.69 Å². The van der Waals surface area contributed by atoms with Crippen LogP contribution in [-0.4, -0.2) is 16.8 Å². The van der Waals surface area contributed by atoms with Gasteiger partial charge in [-0.15, -0.1) is 0 Å². The molecule has 0 fully saturated rings. The van der Waals surface area contributed by atoms with E-state index in [1.165, 1.54) is 10.9 Å². The molecule has 19 heavy (non-hydrogen) atoms. The van der Waals surface area contributed by atoms with Gasteiger partial charge in [0.2, 0.25) is 0 Å². The molecule has 1 aromatic carbocycles. The van der Waals surface area contributed by atoms with E-state index in [1.54, 1.807) is 7.05 Å². The van der Waals surface area contributed by atoms with Crippen molar-refractivity contribution in [2.45, 2.75) is 19.5 Å². The van der Waals surface area contributed by atoms with Crippen molar-refractivity contribution in [3.63, 3.8) is 0 Å². The van der Waals surface area contributed by atoms with Crippen LogP contribution in [0.2, 0.25) is 0 Å². The topological polar surface area (TPSA) is 29.9 Å². The lowest BCUT2D eigenvalue weighted by molar-refractivity contribution is 0.138. The van der Waals surface area contributed by atoms with E-state index in [1.807, 2.05) is 24.3 Å². The first-order chi connectivity index (χ1) is 9.11. The summed E-state index contributed by atoms with van der Waals surface area (Å²) >= 11 is 3.34. The minimum Gasteiger partial charge on any atom is -0.316 e. The maximum atomic E-state index is 13.1. The maximum Gasteiger partial charge on any atom is 0.280 e. The summed E-state index contributed by atoms with van der Waals surface area (Å²) in [6.45, 7) is 0.733. The van der Waals surface area contributed by atoms with Crippen LogP contribution in [-0.2, 0) is 13.1 Å². The van der Waals surface area contributed by atoms with Gasteiger partial charge >= 0.3 is 0 Å². The SMILES string of the molecule is CNCc1cnn(Cc2ccc(Br)cc2)c1C(F)F. The van der Waals surface area contributed by atoms with Gasteiger partial charge in [0, 0.05) is 16.6 Å². The standard InChI is InChI=1S/C13H14BrF2N3/c1-17-6-10-7-18-19(12(10)13(15)16)8-9-2-4-11(14)5-3-9/h2-5,7,13,17H,6,8H2,1H3. The normalized spacial score (nSPS) is 11.2. The quantitative estimate of drug-likeness (QED) is 0.911. The van der Waals surface area contributed by atoms with Gasteiger partial charge in [-0.25, -0.2) is 8.78 Å². The summed E-state index contributed by atoms with van der Waals surface area (Å²) in [5.41, 5.74) is 1.45. The Morgan fingerprint density at radius 1 is 1.32 bits per heavy atom. The molecule has 2 rings (SSSR count). The van der Waals surface area contributed by atoms with Crippen molar-refractivity contribution in [1.29, 1.82) is 0 Å². The van der Waals surface area contributed by atoms with Crippen molar-refractivity contribution in [2.75, 3.05) is 7.05 Å². The second-order valence-electron chi connectivity index (χ2n) is 4.17. The molecule has 1 heterocycles. The zero-order valence-corrected chi connectivity index (χ0v) is 12.0. The zero-order chi connectivity index (χ0) is 13.8. The van der Waals surface area contributed by atoms with Gasteiger partial charge in [-0.05, 0) is 24.7 Å². The van der Waals surface area contributed by atoms with Crippen LogP contribution in [0.5, 0.6) is 0 Å². The number of nitrogens with zero attached hydrogens (tertiary/aromatic N) is 2. The zero-order valence-electron chi connectivity index (χ0n) is 10.4. The minimum absolute atomic E-state index is 0.0164. The van der Waals surface area contributed by atoms with E-state index in [9.17, 15) is 8.78 Å². The Morgan fingerprint density at radius 2 is 2.00 bits per heavy atom. The molecule has 1 aromatic heterocycles. The molecule has 0 unspecified atom stereocenters. The molecule has 1 N–H and O–H groups in total. The first-order valence-electron chi connectivity index (χ1n) is 5.83. The predicted octanol–water partition coefficient (Wildman–Crippen LogP) is 3.35.